The quantitative estimate of drug-likeness (QED) is 0.244. The van der Waals surface area contributed by atoms with Gasteiger partial charge in [-0.15, -0.1) is 0 Å². The lowest BCUT2D eigenvalue weighted by Gasteiger charge is -2.44. The molecule has 0 unspecified atom stereocenters. The number of aliphatic imine (C=N–C) groups is 1. The van der Waals surface area contributed by atoms with Gasteiger partial charge < -0.3 is 24.2 Å². The highest BCUT2D eigenvalue weighted by atomic mass is 35.5. The predicted octanol–water partition coefficient (Wildman–Crippen LogP) is 6.53. The number of carbonyl (C=O) groups excluding carboxylic acids is 1. The zero-order valence-electron chi connectivity index (χ0n) is 29.3. The molecule has 0 atom stereocenters. The number of benzodiazepines with no additional fused rings is 1. The summed E-state index contributed by atoms with van der Waals surface area (Å²) < 4.78 is 16.3. The van der Waals surface area contributed by atoms with E-state index in [2.05, 4.69) is 33.0 Å². The first-order valence-corrected chi connectivity index (χ1v) is 18.1. The summed E-state index contributed by atoms with van der Waals surface area (Å²) >= 11 is 6.11. The number of fused-ring (bicyclic) bond motifs is 2. The standard InChI is InChI=1S/C25H32N2O4.C16H13ClN2O/c1-29-22-4-2-3-19(15-22)17-26-11-13-27(14-12-26)21-7-9-25(28,10-8-21)20-5-6-23-24(16-20)31-18-30-23;1-19-14-8-7-12(17)9-13(14)16(18-10-15(19)20)11-5-3-2-4-6-11/h2-6,15-16,21,28H,7-14,17-18H2,1H3;2-9H,10H2,1H3. The fraction of sp³-hybridized carbons (Fsp3) is 0.366. The first-order valence-electron chi connectivity index (χ1n) is 17.7. The Kier molecular flexibility index (Phi) is 10.6. The molecule has 10 heteroatoms. The van der Waals surface area contributed by atoms with Crippen molar-refractivity contribution in [1.82, 2.24) is 9.80 Å². The number of carbonyl (C=O) groups is 1. The van der Waals surface area contributed by atoms with Crippen LogP contribution < -0.4 is 19.1 Å². The van der Waals surface area contributed by atoms with Gasteiger partial charge in [-0.25, -0.2) is 0 Å². The molecule has 1 N–H and O–H groups in total. The monoisotopic (exact) mass is 708 g/mol. The summed E-state index contributed by atoms with van der Waals surface area (Å²) in [5, 5.41) is 11.9. The fourth-order valence-electron chi connectivity index (χ4n) is 7.54. The summed E-state index contributed by atoms with van der Waals surface area (Å²) in [5.41, 5.74) is 5.01. The Morgan fingerprint density at radius 3 is 2.43 bits per heavy atom. The SMILES string of the molecule is CN1C(=O)CN=C(c2ccccc2)c2cc(Cl)ccc21.COc1cccc(CN2CCN(C3CCC(O)(c4ccc5c(c4)OCO5)CC3)CC2)c1. The molecule has 4 aromatic rings. The van der Waals surface area contributed by atoms with Crippen LogP contribution in [0.5, 0.6) is 17.2 Å². The van der Waals surface area contributed by atoms with Crippen LogP contribution in [-0.4, -0.2) is 86.2 Å². The lowest BCUT2D eigenvalue weighted by Crippen LogP contribution is -2.51. The average Bonchev–Trinajstić information content (AvgIpc) is 3.60. The van der Waals surface area contributed by atoms with Gasteiger partial charge in [-0.1, -0.05) is 60.1 Å². The third-order valence-corrected chi connectivity index (χ3v) is 10.8. The van der Waals surface area contributed by atoms with Gasteiger partial charge in [-0.3, -0.25) is 19.6 Å². The molecule has 2 fully saturated rings. The molecule has 8 rings (SSSR count). The predicted molar refractivity (Wildman–Crippen MR) is 200 cm³/mol. The Hall–Kier alpha value is -4.41. The number of hydrogen-bond donors (Lipinski definition) is 1. The van der Waals surface area contributed by atoms with Gasteiger partial charge in [0.2, 0.25) is 12.7 Å². The molecule has 0 radical (unpaired) electrons. The molecule has 266 valence electrons. The fourth-order valence-corrected chi connectivity index (χ4v) is 7.71. The molecule has 0 spiro atoms. The van der Waals surface area contributed by atoms with Gasteiger partial charge in [0.05, 0.1) is 24.1 Å². The number of piperazine rings is 1. The minimum absolute atomic E-state index is 0.0282. The number of amides is 1. The Morgan fingerprint density at radius 2 is 1.67 bits per heavy atom. The third kappa shape index (κ3) is 7.92. The maximum atomic E-state index is 12.0. The van der Waals surface area contributed by atoms with Crippen molar-refractivity contribution in [2.75, 3.05) is 58.6 Å². The summed E-state index contributed by atoms with van der Waals surface area (Å²) in [7, 11) is 3.48. The summed E-state index contributed by atoms with van der Waals surface area (Å²) in [6, 6.07) is 30.1. The molecule has 1 saturated heterocycles. The van der Waals surface area contributed by atoms with Crippen molar-refractivity contribution in [1.29, 1.82) is 0 Å². The van der Waals surface area contributed by atoms with Gasteiger partial charge in [0.1, 0.15) is 12.3 Å². The van der Waals surface area contributed by atoms with Gasteiger partial charge in [-0.2, -0.15) is 0 Å². The van der Waals surface area contributed by atoms with E-state index in [1.54, 1.807) is 25.1 Å². The Morgan fingerprint density at radius 1 is 0.902 bits per heavy atom. The smallest absolute Gasteiger partial charge is 0.248 e. The number of rotatable bonds is 6. The highest BCUT2D eigenvalue weighted by molar-refractivity contribution is 6.32. The molecule has 3 heterocycles. The van der Waals surface area contributed by atoms with Crippen molar-refractivity contribution in [3.63, 3.8) is 0 Å². The van der Waals surface area contributed by atoms with Crippen LogP contribution in [0.4, 0.5) is 5.69 Å². The van der Waals surface area contributed by atoms with Crippen molar-refractivity contribution in [3.8, 4) is 17.2 Å². The first kappa shape index (κ1) is 35.0. The lowest BCUT2D eigenvalue weighted by molar-refractivity contribution is -0.116. The van der Waals surface area contributed by atoms with Crippen molar-refractivity contribution in [2.45, 2.75) is 43.9 Å². The number of anilines is 1. The van der Waals surface area contributed by atoms with Crippen molar-refractivity contribution < 1.29 is 24.1 Å². The maximum Gasteiger partial charge on any atom is 0.248 e. The molecule has 51 heavy (non-hydrogen) atoms. The minimum Gasteiger partial charge on any atom is -0.497 e. The summed E-state index contributed by atoms with van der Waals surface area (Å²) in [6.45, 7) is 5.74. The summed E-state index contributed by atoms with van der Waals surface area (Å²) in [6.07, 6.45) is 3.64. The van der Waals surface area contributed by atoms with Gasteiger partial charge in [0.25, 0.3) is 0 Å². The molecule has 1 aliphatic carbocycles. The Bertz CT molecular complexity index is 1870. The second-order valence-corrected chi connectivity index (χ2v) is 14.1. The van der Waals surface area contributed by atoms with Crippen LogP contribution in [-0.2, 0) is 16.9 Å². The molecule has 9 nitrogen and oxygen atoms in total. The molecule has 0 bridgehead atoms. The van der Waals surface area contributed by atoms with Gasteiger partial charge in [0, 0.05) is 62.0 Å². The van der Waals surface area contributed by atoms with E-state index in [1.165, 1.54) is 5.56 Å². The van der Waals surface area contributed by atoms with Crippen LogP contribution in [0.3, 0.4) is 0 Å². The van der Waals surface area contributed by atoms with Gasteiger partial charge in [-0.05, 0) is 79.3 Å². The molecule has 1 saturated carbocycles. The van der Waals surface area contributed by atoms with Gasteiger partial charge >= 0.3 is 0 Å². The second kappa shape index (κ2) is 15.5. The van der Waals surface area contributed by atoms with Crippen LogP contribution in [0.15, 0.2) is 96.0 Å². The van der Waals surface area contributed by atoms with E-state index in [0.717, 1.165) is 104 Å². The molecular formula is C41H45ClN4O5. The normalized spacial score (nSPS) is 22.0. The lowest BCUT2D eigenvalue weighted by atomic mass is 9.77. The third-order valence-electron chi connectivity index (χ3n) is 10.5. The molecule has 0 aromatic heterocycles. The van der Waals surface area contributed by atoms with Crippen molar-refractivity contribution in [3.05, 3.63) is 118 Å². The Balaban J connectivity index is 0.000000175. The maximum absolute atomic E-state index is 12.0. The van der Waals surface area contributed by atoms with Crippen LogP contribution in [0.25, 0.3) is 0 Å². The van der Waals surface area contributed by atoms with E-state index in [-0.39, 0.29) is 19.2 Å². The number of methoxy groups -OCH3 is 1. The summed E-state index contributed by atoms with van der Waals surface area (Å²) in [5.74, 6) is 2.42. The largest absolute Gasteiger partial charge is 0.497 e. The molecule has 4 aromatic carbocycles. The zero-order valence-corrected chi connectivity index (χ0v) is 30.0. The topological polar surface area (TPSA) is 87.1 Å². The first-order chi connectivity index (χ1) is 24.8. The number of halogens is 1. The van der Waals surface area contributed by atoms with E-state index in [1.807, 2.05) is 66.7 Å². The average molecular weight is 709 g/mol. The molecular weight excluding hydrogens is 664 g/mol. The number of aliphatic hydroxyl groups is 1. The van der Waals surface area contributed by atoms with E-state index >= 15 is 0 Å². The highest BCUT2D eigenvalue weighted by Crippen LogP contribution is 2.42. The second-order valence-electron chi connectivity index (χ2n) is 13.6. The number of hydrogen-bond acceptors (Lipinski definition) is 8. The number of ether oxygens (including phenoxy) is 3. The van der Waals surface area contributed by atoms with Crippen molar-refractivity contribution in [2.24, 2.45) is 4.99 Å². The van der Waals surface area contributed by atoms with E-state index in [0.29, 0.717) is 11.1 Å². The van der Waals surface area contributed by atoms with Crippen LogP contribution >= 0.6 is 11.6 Å². The van der Waals surface area contributed by atoms with Crippen molar-refractivity contribution >= 4 is 28.9 Å². The number of nitrogens with zero attached hydrogens (tertiary/aromatic N) is 4. The van der Waals surface area contributed by atoms with Crippen LogP contribution in [0.1, 0.15) is 47.9 Å². The Labute approximate surface area is 305 Å². The van der Waals surface area contributed by atoms with Crippen LogP contribution in [0.2, 0.25) is 5.02 Å². The van der Waals surface area contributed by atoms with E-state index in [4.69, 9.17) is 25.8 Å². The van der Waals surface area contributed by atoms with E-state index < -0.39 is 5.60 Å². The molecule has 3 aliphatic heterocycles. The number of benzene rings is 4. The summed E-state index contributed by atoms with van der Waals surface area (Å²) in [4.78, 5) is 23.3. The van der Waals surface area contributed by atoms with E-state index in [9.17, 15) is 9.90 Å². The minimum atomic E-state index is -0.758. The van der Waals surface area contributed by atoms with Gasteiger partial charge in [0.15, 0.2) is 11.5 Å². The molecule has 4 aliphatic rings. The molecule has 1 amide bonds. The van der Waals surface area contributed by atoms with Crippen LogP contribution in [0, 0.1) is 0 Å². The highest BCUT2D eigenvalue weighted by Gasteiger charge is 2.38. The number of likely N-dealkylation sites (N-methyl/N-ethyl adjacent to an activating group) is 1. The zero-order chi connectivity index (χ0) is 35.4.